The van der Waals surface area contributed by atoms with Gasteiger partial charge in [0.05, 0.1) is 27.9 Å². The number of imidazole rings is 1. The van der Waals surface area contributed by atoms with E-state index in [2.05, 4.69) is 35.2 Å². The van der Waals surface area contributed by atoms with E-state index in [1.54, 1.807) is 18.5 Å². The molecule has 0 saturated heterocycles. The minimum atomic E-state index is -0.243. The van der Waals surface area contributed by atoms with Gasteiger partial charge < -0.3 is 15.6 Å². The number of H-pyrrole nitrogens is 1. The molecule has 33 heavy (non-hydrogen) atoms. The van der Waals surface area contributed by atoms with Gasteiger partial charge in [-0.05, 0) is 67.8 Å². The fourth-order valence-electron chi connectivity index (χ4n) is 3.27. The van der Waals surface area contributed by atoms with Crippen LogP contribution in [0.4, 0.5) is 11.4 Å². The third kappa shape index (κ3) is 4.23. The summed E-state index contributed by atoms with van der Waals surface area (Å²) in [4.78, 5) is 37.9. The number of thiazole rings is 1. The van der Waals surface area contributed by atoms with Gasteiger partial charge in [0.15, 0.2) is 0 Å². The molecule has 5 rings (SSSR count). The lowest BCUT2D eigenvalue weighted by Gasteiger charge is -2.05. The number of aryl methyl sites for hydroxylation is 2. The second-order valence-corrected chi connectivity index (χ2v) is 8.87. The summed E-state index contributed by atoms with van der Waals surface area (Å²) in [5, 5.41) is 9.62. The Hall–Kier alpha value is -3.96. The van der Waals surface area contributed by atoms with Crippen molar-refractivity contribution in [3.05, 3.63) is 69.1 Å². The van der Waals surface area contributed by atoms with Crippen molar-refractivity contribution in [1.82, 2.24) is 24.5 Å². The second-order valence-electron chi connectivity index (χ2n) is 7.26. The Morgan fingerprint density at radius 3 is 2.33 bits per heavy atom. The summed E-state index contributed by atoms with van der Waals surface area (Å²) in [7, 11) is 0. The van der Waals surface area contributed by atoms with Crippen molar-refractivity contribution in [2.24, 2.45) is 0 Å². The highest BCUT2D eigenvalue weighted by molar-refractivity contribution is 7.12. The van der Waals surface area contributed by atoms with Crippen LogP contribution >= 0.6 is 22.9 Å². The molecule has 2 aromatic carbocycles. The molecule has 0 bridgehead atoms. The number of hydrogen-bond donors (Lipinski definition) is 3. The lowest BCUT2D eigenvalue weighted by atomic mass is 10.2. The molecule has 3 aromatic heterocycles. The summed E-state index contributed by atoms with van der Waals surface area (Å²) in [6, 6.07) is 12.9. The van der Waals surface area contributed by atoms with E-state index in [1.165, 1.54) is 11.3 Å². The van der Waals surface area contributed by atoms with Crippen LogP contribution in [-0.2, 0) is 0 Å². The number of anilines is 2. The standard InChI is InChI=1S/C22H17N7O2S2/c1-11-18(32-10-23-11)21(30)24-14-5-3-13(4-6-14)20-26-16-8-7-15(9-17(16)27-20)25-22(31)19-12(2)28-29-33-19/h3-10H,1-2H3,(H,24,30)(H,25,31)(H,26,27). The Kier molecular flexibility index (Phi) is 5.40. The van der Waals surface area contributed by atoms with Gasteiger partial charge in [-0.25, -0.2) is 9.97 Å². The molecular weight excluding hydrogens is 458 g/mol. The molecule has 0 radical (unpaired) electrons. The number of carbonyl (C=O) groups excluding carboxylic acids is 2. The highest BCUT2D eigenvalue weighted by Gasteiger charge is 2.15. The van der Waals surface area contributed by atoms with Crippen LogP contribution in [0.5, 0.6) is 0 Å². The summed E-state index contributed by atoms with van der Waals surface area (Å²) in [6.45, 7) is 3.56. The van der Waals surface area contributed by atoms with Crippen molar-refractivity contribution in [2.45, 2.75) is 13.8 Å². The van der Waals surface area contributed by atoms with Gasteiger partial charge in [0.25, 0.3) is 11.8 Å². The topological polar surface area (TPSA) is 126 Å². The Bertz CT molecular complexity index is 1480. The number of hydrogen-bond acceptors (Lipinski definition) is 8. The van der Waals surface area contributed by atoms with Crippen LogP contribution in [0.15, 0.2) is 48.0 Å². The van der Waals surface area contributed by atoms with Crippen LogP contribution in [-0.4, -0.2) is 36.4 Å². The molecule has 11 heteroatoms. The molecular formula is C22H17N7O2S2. The smallest absolute Gasteiger partial charge is 0.269 e. The highest BCUT2D eigenvalue weighted by Crippen LogP contribution is 2.25. The van der Waals surface area contributed by atoms with E-state index in [4.69, 9.17) is 0 Å². The van der Waals surface area contributed by atoms with Crippen LogP contribution in [0.2, 0.25) is 0 Å². The fourth-order valence-corrected chi connectivity index (χ4v) is 4.52. The average Bonchev–Trinajstić information content (AvgIpc) is 3.53. The first kappa shape index (κ1) is 20.9. The minimum absolute atomic E-state index is 0.176. The lowest BCUT2D eigenvalue weighted by Crippen LogP contribution is -2.11. The largest absolute Gasteiger partial charge is 0.338 e. The van der Waals surface area contributed by atoms with Gasteiger partial charge in [-0.15, -0.1) is 16.4 Å². The van der Waals surface area contributed by atoms with Crippen molar-refractivity contribution in [2.75, 3.05) is 10.6 Å². The zero-order valence-electron chi connectivity index (χ0n) is 17.5. The van der Waals surface area contributed by atoms with Gasteiger partial charge in [-0.3, -0.25) is 9.59 Å². The van der Waals surface area contributed by atoms with E-state index in [0.717, 1.165) is 28.1 Å². The third-order valence-electron chi connectivity index (χ3n) is 4.97. The molecule has 0 unspecified atom stereocenters. The van der Waals surface area contributed by atoms with E-state index in [0.29, 0.717) is 38.3 Å². The maximum Gasteiger partial charge on any atom is 0.269 e. The molecule has 0 atom stereocenters. The Morgan fingerprint density at radius 1 is 0.909 bits per heavy atom. The monoisotopic (exact) mass is 475 g/mol. The Balaban J connectivity index is 1.32. The van der Waals surface area contributed by atoms with Gasteiger partial charge in [0.2, 0.25) is 0 Å². The normalized spacial score (nSPS) is 11.0. The quantitative estimate of drug-likeness (QED) is 0.339. The van der Waals surface area contributed by atoms with Crippen LogP contribution < -0.4 is 10.6 Å². The maximum atomic E-state index is 12.4. The number of carbonyl (C=O) groups is 2. The van der Waals surface area contributed by atoms with Crippen LogP contribution in [0.3, 0.4) is 0 Å². The number of aromatic nitrogens is 5. The van der Waals surface area contributed by atoms with Crippen molar-refractivity contribution in [3.63, 3.8) is 0 Å². The van der Waals surface area contributed by atoms with Crippen LogP contribution in [0.25, 0.3) is 22.4 Å². The zero-order valence-corrected chi connectivity index (χ0v) is 19.2. The molecule has 3 heterocycles. The molecule has 5 aromatic rings. The maximum absolute atomic E-state index is 12.4. The van der Waals surface area contributed by atoms with Crippen molar-refractivity contribution < 1.29 is 9.59 Å². The van der Waals surface area contributed by atoms with Crippen LogP contribution in [0, 0.1) is 13.8 Å². The number of nitrogens with zero attached hydrogens (tertiary/aromatic N) is 4. The lowest BCUT2D eigenvalue weighted by molar-refractivity contribution is 0.102. The van der Waals surface area contributed by atoms with E-state index >= 15 is 0 Å². The molecule has 9 nitrogen and oxygen atoms in total. The molecule has 0 aliphatic heterocycles. The zero-order chi connectivity index (χ0) is 22.9. The molecule has 0 aliphatic rings. The van der Waals surface area contributed by atoms with Gasteiger partial charge >= 0.3 is 0 Å². The predicted molar refractivity (Wildman–Crippen MR) is 129 cm³/mol. The molecule has 0 aliphatic carbocycles. The SMILES string of the molecule is Cc1ncsc1C(=O)Nc1ccc(-c2nc3ccc(NC(=O)c4snnc4C)cc3[nH]2)cc1. The summed E-state index contributed by atoms with van der Waals surface area (Å²) in [5.74, 6) is 0.269. The second kappa shape index (κ2) is 8.52. The first-order valence-corrected chi connectivity index (χ1v) is 11.5. The van der Waals surface area contributed by atoms with Crippen molar-refractivity contribution in [1.29, 1.82) is 0 Å². The van der Waals surface area contributed by atoms with E-state index < -0.39 is 0 Å². The number of aromatic amines is 1. The minimum Gasteiger partial charge on any atom is -0.338 e. The van der Waals surface area contributed by atoms with E-state index in [9.17, 15) is 9.59 Å². The van der Waals surface area contributed by atoms with Crippen LogP contribution in [0.1, 0.15) is 30.7 Å². The summed E-state index contributed by atoms with van der Waals surface area (Å²) in [5.41, 5.74) is 6.74. The number of rotatable bonds is 5. The van der Waals surface area contributed by atoms with Crippen molar-refractivity contribution >= 4 is 57.1 Å². The number of fused-ring (bicyclic) bond motifs is 1. The number of amides is 2. The van der Waals surface area contributed by atoms with Crippen molar-refractivity contribution in [3.8, 4) is 11.4 Å². The molecule has 164 valence electrons. The highest BCUT2D eigenvalue weighted by atomic mass is 32.1. The first-order chi connectivity index (χ1) is 16.0. The molecule has 2 amide bonds. The van der Waals surface area contributed by atoms with Gasteiger partial charge in [-0.2, -0.15) is 0 Å². The summed E-state index contributed by atoms with van der Waals surface area (Å²) >= 11 is 2.38. The average molecular weight is 476 g/mol. The van der Waals surface area contributed by atoms with Gasteiger partial charge in [0.1, 0.15) is 15.6 Å². The molecule has 0 spiro atoms. The Morgan fingerprint density at radius 2 is 1.64 bits per heavy atom. The first-order valence-electron chi connectivity index (χ1n) is 9.90. The molecule has 0 fully saturated rings. The summed E-state index contributed by atoms with van der Waals surface area (Å²) < 4.78 is 3.80. The van der Waals surface area contributed by atoms with Gasteiger partial charge in [-0.1, -0.05) is 4.49 Å². The molecule has 0 saturated carbocycles. The summed E-state index contributed by atoms with van der Waals surface area (Å²) in [6.07, 6.45) is 0. The Labute approximate surface area is 196 Å². The predicted octanol–water partition coefficient (Wildman–Crippen LogP) is 4.66. The van der Waals surface area contributed by atoms with E-state index in [1.807, 2.05) is 43.3 Å². The number of nitrogens with one attached hydrogen (secondary N) is 3. The number of benzene rings is 2. The van der Waals surface area contributed by atoms with E-state index in [-0.39, 0.29) is 11.8 Å². The van der Waals surface area contributed by atoms with Gasteiger partial charge in [0, 0.05) is 16.9 Å². The third-order valence-corrected chi connectivity index (χ3v) is 6.72. The fraction of sp³-hybridized carbons (Fsp3) is 0.0909. The molecule has 3 N–H and O–H groups in total.